The van der Waals surface area contributed by atoms with Gasteiger partial charge in [-0.2, -0.15) is 0 Å². The van der Waals surface area contributed by atoms with E-state index in [0.717, 1.165) is 66.3 Å². The molecule has 0 radical (unpaired) electrons. The third-order valence-electron chi connectivity index (χ3n) is 9.05. The first-order chi connectivity index (χ1) is 23.7. The topological polar surface area (TPSA) is 38.7 Å². The summed E-state index contributed by atoms with van der Waals surface area (Å²) in [5.74, 6) is 0.689. The molecule has 9 aromatic rings. The van der Waals surface area contributed by atoms with Gasteiger partial charge in [0.2, 0.25) is 0 Å². The Labute approximate surface area is 278 Å². The van der Waals surface area contributed by atoms with Crippen LogP contribution in [0.1, 0.15) is 0 Å². The first-order valence-corrected chi connectivity index (χ1v) is 16.2. The smallest absolute Gasteiger partial charge is 0.160 e. The van der Waals surface area contributed by atoms with E-state index in [1.165, 1.54) is 16.5 Å². The SMILES string of the molecule is c1ccc(-c2ccc(-c3cc(-c4cnc5ccccc5c4)cc(-c4nc(-c5ccccc5)c5cc6ccccc6cc5n4)c3)cc2)cc1. The van der Waals surface area contributed by atoms with Crippen LogP contribution in [0.25, 0.3) is 88.6 Å². The van der Waals surface area contributed by atoms with Crippen molar-refractivity contribution in [2.45, 2.75) is 0 Å². The number of fused-ring (bicyclic) bond motifs is 3. The van der Waals surface area contributed by atoms with E-state index in [-0.39, 0.29) is 0 Å². The second-order valence-electron chi connectivity index (χ2n) is 12.1. The second-order valence-corrected chi connectivity index (χ2v) is 12.1. The average Bonchev–Trinajstić information content (AvgIpc) is 3.17. The first kappa shape index (κ1) is 27.8. The van der Waals surface area contributed by atoms with Gasteiger partial charge in [-0.05, 0) is 81.1 Å². The lowest BCUT2D eigenvalue weighted by Gasteiger charge is -2.14. The van der Waals surface area contributed by atoms with Gasteiger partial charge in [-0.25, -0.2) is 9.97 Å². The number of pyridine rings is 1. The number of aromatic nitrogens is 3. The number of rotatable bonds is 5. The molecule has 0 saturated carbocycles. The molecule has 0 aliphatic carbocycles. The molecule has 2 heterocycles. The predicted molar refractivity (Wildman–Crippen MR) is 200 cm³/mol. The highest BCUT2D eigenvalue weighted by Crippen LogP contribution is 2.36. The Kier molecular flexibility index (Phi) is 6.80. The molecular weight excluding hydrogens is 583 g/mol. The Morgan fingerprint density at radius 3 is 1.58 bits per heavy atom. The number of hydrogen-bond acceptors (Lipinski definition) is 3. The third-order valence-corrected chi connectivity index (χ3v) is 9.05. The van der Waals surface area contributed by atoms with Crippen LogP contribution < -0.4 is 0 Å². The van der Waals surface area contributed by atoms with Gasteiger partial charge in [-0.3, -0.25) is 4.98 Å². The number of hydrogen-bond donors (Lipinski definition) is 0. The van der Waals surface area contributed by atoms with Crippen molar-refractivity contribution in [2.75, 3.05) is 0 Å². The molecule has 0 N–H and O–H groups in total. The van der Waals surface area contributed by atoms with E-state index in [0.29, 0.717) is 5.82 Å². The minimum absolute atomic E-state index is 0.689. The van der Waals surface area contributed by atoms with Crippen LogP contribution in [0.15, 0.2) is 176 Å². The monoisotopic (exact) mass is 611 g/mol. The summed E-state index contributed by atoms with van der Waals surface area (Å²) in [6, 6.07) is 59.7. The summed E-state index contributed by atoms with van der Waals surface area (Å²) >= 11 is 0. The quantitative estimate of drug-likeness (QED) is 0.182. The van der Waals surface area contributed by atoms with Crippen molar-refractivity contribution in [1.82, 2.24) is 15.0 Å². The molecule has 0 atom stereocenters. The zero-order valence-electron chi connectivity index (χ0n) is 26.1. The van der Waals surface area contributed by atoms with Crippen molar-refractivity contribution in [3.63, 3.8) is 0 Å². The molecule has 0 spiro atoms. The number of benzene rings is 7. The van der Waals surface area contributed by atoms with E-state index in [2.05, 4.69) is 146 Å². The highest BCUT2D eigenvalue weighted by atomic mass is 14.9. The molecule has 224 valence electrons. The van der Waals surface area contributed by atoms with E-state index in [1.807, 2.05) is 30.5 Å². The van der Waals surface area contributed by atoms with Gasteiger partial charge >= 0.3 is 0 Å². The van der Waals surface area contributed by atoms with Crippen molar-refractivity contribution in [3.8, 4) is 56.0 Å². The molecule has 2 aromatic heterocycles. The maximum absolute atomic E-state index is 5.29. The molecule has 3 nitrogen and oxygen atoms in total. The second kappa shape index (κ2) is 11.7. The largest absolute Gasteiger partial charge is 0.256 e. The predicted octanol–water partition coefficient (Wildman–Crippen LogP) is 11.7. The van der Waals surface area contributed by atoms with Crippen molar-refractivity contribution >= 4 is 32.6 Å². The van der Waals surface area contributed by atoms with Crippen LogP contribution in [-0.2, 0) is 0 Å². The Balaban J connectivity index is 1.26. The summed E-state index contributed by atoms with van der Waals surface area (Å²) in [5, 5.41) is 4.47. The van der Waals surface area contributed by atoms with Gasteiger partial charge in [0, 0.05) is 33.7 Å². The summed E-state index contributed by atoms with van der Waals surface area (Å²) < 4.78 is 0. The summed E-state index contributed by atoms with van der Waals surface area (Å²) in [6.07, 6.45) is 1.96. The minimum Gasteiger partial charge on any atom is -0.256 e. The minimum atomic E-state index is 0.689. The Bertz CT molecular complexity index is 2590. The fraction of sp³-hybridized carbons (Fsp3) is 0. The van der Waals surface area contributed by atoms with Crippen molar-refractivity contribution in [3.05, 3.63) is 176 Å². The molecule has 7 aromatic carbocycles. The van der Waals surface area contributed by atoms with Crippen LogP contribution in [0.3, 0.4) is 0 Å². The standard InChI is InChI=1S/C45H29N3/c1-3-11-30(12-4-1)31-19-21-32(22-20-31)37-24-38(40-23-36-17-9-10-18-42(36)46-29-40)26-39(25-37)45-47-43-28-35-16-8-7-15-34(35)27-41(43)44(48-45)33-13-5-2-6-14-33/h1-29H. The number of nitrogens with zero attached hydrogens (tertiary/aromatic N) is 3. The van der Waals surface area contributed by atoms with Gasteiger partial charge in [0.1, 0.15) is 0 Å². The van der Waals surface area contributed by atoms with Crippen molar-refractivity contribution in [1.29, 1.82) is 0 Å². The van der Waals surface area contributed by atoms with Gasteiger partial charge in [0.25, 0.3) is 0 Å². The van der Waals surface area contributed by atoms with Crippen molar-refractivity contribution in [2.24, 2.45) is 0 Å². The van der Waals surface area contributed by atoms with Crippen LogP contribution in [0.5, 0.6) is 0 Å². The van der Waals surface area contributed by atoms with E-state index in [9.17, 15) is 0 Å². The maximum Gasteiger partial charge on any atom is 0.160 e. The van der Waals surface area contributed by atoms with Crippen LogP contribution in [0, 0.1) is 0 Å². The summed E-state index contributed by atoms with van der Waals surface area (Å²) in [7, 11) is 0. The van der Waals surface area contributed by atoms with Gasteiger partial charge < -0.3 is 0 Å². The highest BCUT2D eigenvalue weighted by Gasteiger charge is 2.15. The fourth-order valence-corrected chi connectivity index (χ4v) is 6.57. The molecule has 3 heteroatoms. The molecule has 0 aliphatic rings. The molecule has 0 amide bonds. The lowest BCUT2D eigenvalue weighted by molar-refractivity contribution is 1.23. The van der Waals surface area contributed by atoms with Crippen LogP contribution >= 0.6 is 0 Å². The van der Waals surface area contributed by atoms with E-state index < -0.39 is 0 Å². The fourth-order valence-electron chi connectivity index (χ4n) is 6.57. The van der Waals surface area contributed by atoms with Crippen LogP contribution in [0.2, 0.25) is 0 Å². The van der Waals surface area contributed by atoms with E-state index >= 15 is 0 Å². The first-order valence-electron chi connectivity index (χ1n) is 16.2. The Morgan fingerprint density at radius 2 is 0.854 bits per heavy atom. The maximum atomic E-state index is 5.29. The van der Waals surface area contributed by atoms with E-state index in [1.54, 1.807) is 0 Å². The van der Waals surface area contributed by atoms with Crippen LogP contribution in [-0.4, -0.2) is 15.0 Å². The average molecular weight is 612 g/mol. The highest BCUT2D eigenvalue weighted by molar-refractivity contribution is 6.03. The zero-order chi connectivity index (χ0) is 31.9. The van der Waals surface area contributed by atoms with Gasteiger partial charge in [0.15, 0.2) is 5.82 Å². The Morgan fingerprint density at radius 1 is 0.312 bits per heavy atom. The molecular formula is C45H29N3. The lowest BCUT2D eigenvalue weighted by atomic mass is 9.94. The molecule has 0 saturated heterocycles. The van der Waals surface area contributed by atoms with Crippen LogP contribution in [0.4, 0.5) is 0 Å². The van der Waals surface area contributed by atoms with Gasteiger partial charge in [-0.1, -0.05) is 127 Å². The van der Waals surface area contributed by atoms with Crippen molar-refractivity contribution < 1.29 is 0 Å². The third kappa shape index (κ3) is 5.18. The zero-order valence-corrected chi connectivity index (χ0v) is 26.1. The molecule has 0 aliphatic heterocycles. The van der Waals surface area contributed by atoms with Gasteiger partial charge in [-0.15, -0.1) is 0 Å². The summed E-state index contributed by atoms with van der Waals surface area (Å²) in [4.78, 5) is 15.3. The summed E-state index contributed by atoms with van der Waals surface area (Å²) in [6.45, 7) is 0. The molecule has 48 heavy (non-hydrogen) atoms. The molecule has 0 fully saturated rings. The van der Waals surface area contributed by atoms with E-state index in [4.69, 9.17) is 15.0 Å². The normalized spacial score (nSPS) is 11.3. The molecule has 0 bridgehead atoms. The molecule has 0 unspecified atom stereocenters. The van der Waals surface area contributed by atoms with Gasteiger partial charge in [0.05, 0.1) is 16.7 Å². The molecule has 9 rings (SSSR count). The lowest BCUT2D eigenvalue weighted by Crippen LogP contribution is -1.96. The number of para-hydroxylation sites is 1. The summed E-state index contributed by atoms with van der Waals surface area (Å²) in [5.41, 5.74) is 11.6. The Hall–Kier alpha value is -6.45.